The quantitative estimate of drug-likeness (QED) is 0.662. The molecule has 0 unspecified atom stereocenters. The van der Waals surface area contributed by atoms with E-state index in [2.05, 4.69) is 5.32 Å². The lowest BCUT2D eigenvalue weighted by Crippen LogP contribution is -2.20. The number of nitrogens with one attached hydrogen (secondary N) is 1. The van der Waals surface area contributed by atoms with Crippen LogP contribution in [0.25, 0.3) is 0 Å². The van der Waals surface area contributed by atoms with Crippen molar-refractivity contribution in [2.45, 2.75) is 6.54 Å². The molecule has 0 amide bonds. The van der Waals surface area contributed by atoms with Crippen LogP contribution < -0.4 is 5.32 Å². The third kappa shape index (κ3) is 5.78. The molecule has 0 atom stereocenters. The minimum atomic E-state index is -1.26. The fraction of sp³-hybridized carbons (Fsp3) is 0.462. The van der Waals surface area contributed by atoms with Gasteiger partial charge in [-0.2, -0.15) is 0 Å². The highest BCUT2D eigenvalue weighted by Crippen LogP contribution is 2.10. The summed E-state index contributed by atoms with van der Waals surface area (Å²) in [7, 11) is 1.61. The van der Waals surface area contributed by atoms with Crippen molar-refractivity contribution in [2.75, 3.05) is 33.5 Å². The lowest BCUT2D eigenvalue weighted by atomic mass is 10.1. The first-order chi connectivity index (χ1) is 9.15. The molecule has 0 bridgehead atoms. The predicted octanol–water partition coefficient (Wildman–Crippen LogP) is 1.28. The van der Waals surface area contributed by atoms with E-state index in [0.29, 0.717) is 38.5 Å². The van der Waals surface area contributed by atoms with Crippen LogP contribution in [0.4, 0.5) is 4.39 Å². The van der Waals surface area contributed by atoms with Crippen LogP contribution in [0.5, 0.6) is 0 Å². The van der Waals surface area contributed by atoms with Crippen molar-refractivity contribution in [1.29, 1.82) is 0 Å². The third-order valence-corrected chi connectivity index (χ3v) is 2.45. The van der Waals surface area contributed by atoms with Gasteiger partial charge in [-0.25, -0.2) is 9.18 Å². The molecule has 5 nitrogen and oxygen atoms in total. The van der Waals surface area contributed by atoms with Crippen LogP contribution in [0, 0.1) is 5.82 Å². The van der Waals surface area contributed by atoms with Crippen LogP contribution in [0.2, 0.25) is 0 Å². The van der Waals surface area contributed by atoms with E-state index in [9.17, 15) is 9.18 Å². The number of carboxylic acids is 1. The van der Waals surface area contributed by atoms with Gasteiger partial charge in [0.1, 0.15) is 5.82 Å². The summed E-state index contributed by atoms with van der Waals surface area (Å²) in [4.78, 5) is 10.6. The number of carbonyl (C=O) groups is 1. The number of hydrogen-bond acceptors (Lipinski definition) is 4. The summed E-state index contributed by atoms with van der Waals surface area (Å²) in [6, 6.07) is 4.08. The van der Waals surface area contributed by atoms with E-state index in [1.807, 2.05) is 0 Å². The highest BCUT2D eigenvalue weighted by atomic mass is 19.1. The minimum Gasteiger partial charge on any atom is -0.478 e. The Hall–Kier alpha value is -1.50. The summed E-state index contributed by atoms with van der Waals surface area (Å²) >= 11 is 0. The molecule has 0 spiro atoms. The zero-order valence-electron chi connectivity index (χ0n) is 10.8. The van der Waals surface area contributed by atoms with Crippen LogP contribution in [-0.4, -0.2) is 44.6 Å². The van der Waals surface area contributed by atoms with Crippen LogP contribution in [0.3, 0.4) is 0 Å². The molecule has 0 saturated heterocycles. The molecule has 1 aromatic carbocycles. The van der Waals surface area contributed by atoms with Crippen molar-refractivity contribution >= 4 is 5.97 Å². The van der Waals surface area contributed by atoms with E-state index in [4.69, 9.17) is 14.6 Å². The molecular formula is C13H18FNO4. The van der Waals surface area contributed by atoms with Gasteiger partial charge < -0.3 is 19.9 Å². The Kier molecular flexibility index (Phi) is 7.02. The van der Waals surface area contributed by atoms with Gasteiger partial charge in [-0.05, 0) is 17.7 Å². The maximum absolute atomic E-state index is 13.4. The second-order valence-electron chi connectivity index (χ2n) is 3.90. The van der Waals surface area contributed by atoms with E-state index in [1.54, 1.807) is 13.2 Å². The highest BCUT2D eigenvalue weighted by Gasteiger charge is 2.09. The molecule has 0 aliphatic carbocycles. The van der Waals surface area contributed by atoms with Crippen LogP contribution >= 0.6 is 0 Å². The lowest BCUT2D eigenvalue weighted by Gasteiger charge is -2.07. The summed E-state index contributed by atoms with van der Waals surface area (Å²) in [6.45, 7) is 2.73. The van der Waals surface area contributed by atoms with Gasteiger partial charge in [-0.3, -0.25) is 0 Å². The summed E-state index contributed by atoms with van der Waals surface area (Å²) in [6.07, 6.45) is 0. The Morgan fingerprint density at radius 3 is 2.79 bits per heavy atom. The number of carboxylic acid groups (broad SMARTS) is 1. The van der Waals surface area contributed by atoms with Crippen molar-refractivity contribution in [3.63, 3.8) is 0 Å². The zero-order valence-corrected chi connectivity index (χ0v) is 10.8. The summed E-state index contributed by atoms with van der Waals surface area (Å²) in [5, 5.41) is 11.8. The number of rotatable bonds is 9. The summed E-state index contributed by atoms with van der Waals surface area (Å²) in [5.41, 5.74) is 0.381. The van der Waals surface area contributed by atoms with E-state index in [-0.39, 0.29) is 5.56 Å². The molecule has 0 aliphatic heterocycles. The van der Waals surface area contributed by atoms with Crippen molar-refractivity contribution in [2.24, 2.45) is 0 Å². The van der Waals surface area contributed by atoms with Gasteiger partial charge in [0.25, 0.3) is 0 Å². The average molecular weight is 271 g/mol. The van der Waals surface area contributed by atoms with E-state index >= 15 is 0 Å². The van der Waals surface area contributed by atoms with Crippen LogP contribution in [0.15, 0.2) is 18.2 Å². The Labute approximate surface area is 111 Å². The molecular weight excluding hydrogens is 253 g/mol. The van der Waals surface area contributed by atoms with E-state index in [1.165, 1.54) is 12.1 Å². The van der Waals surface area contributed by atoms with Gasteiger partial charge in [0.05, 0.1) is 25.4 Å². The molecule has 106 valence electrons. The van der Waals surface area contributed by atoms with Crippen molar-refractivity contribution in [1.82, 2.24) is 5.32 Å². The summed E-state index contributed by atoms with van der Waals surface area (Å²) in [5.74, 6) is -1.98. The smallest absolute Gasteiger partial charge is 0.338 e. The van der Waals surface area contributed by atoms with Crippen molar-refractivity contribution < 1.29 is 23.8 Å². The van der Waals surface area contributed by atoms with E-state index < -0.39 is 11.8 Å². The average Bonchev–Trinajstić information content (AvgIpc) is 2.37. The SMILES string of the molecule is COCCOCCNCc1ccc(C(=O)O)c(F)c1. The second kappa shape index (κ2) is 8.58. The van der Waals surface area contributed by atoms with Crippen molar-refractivity contribution in [3.05, 3.63) is 35.1 Å². The first kappa shape index (κ1) is 15.6. The zero-order chi connectivity index (χ0) is 14.1. The standard InChI is InChI=1S/C13H18FNO4/c1-18-6-7-19-5-4-15-9-10-2-3-11(13(16)17)12(14)8-10/h2-3,8,15H,4-7,9H2,1H3,(H,16,17). The van der Waals surface area contributed by atoms with Gasteiger partial charge in [-0.1, -0.05) is 6.07 Å². The molecule has 2 N–H and O–H groups in total. The normalized spacial score (nSPS) is 10.6. The number of halogens is 1. The topological polar surface area (TPSA) is 67.8 Å². The highest BCUT2D eigenvalue weighted by molar-refractivity contribution is 5.87. The fourth-order valence-electron chi connectivity index (χ4n) is 1.46. The van der Waals surface area contributed by atoms with Crippen LogP contribution in [0.1, 0.15) is 15.9 Å². The van der Waals surface area contributed by atoms with Crippen LogP contribution in [-0.2, 0) is 16.0 Å². The van der Waals surface area contributed by atoms with Crippen molar-refractivity contribution in [3.8, 4) is 0 Å². The molecule has 0 saturated carbocycles. The molecule has 0 radical (unpaired) electrons. The number of benzene rings is 1. The Balaban J connectivity index is 2.26. The minimum absolute atomic E-state index is 0.313. The molecule has 0 aliphatic rings. The molecule has 0 heterocycles. The summed E-state index contributed by atoms with van der Waals surface area (Å²) < 4.78 is 23.4. The first-order valence-corrected chi connectivity index (χ1v) is 5.94. The number of aromatic carboxylic acids is 1. The molecule has 19 heavy (non-hydrogen) atoms. The molecule has 1 rings (SSSR count). The predicted molar refractivity (Wildman–Crippen MR) is 67.8 cm³/mol. The van der Waals surface area contributed by atoms with Gasteiger partial charge in [0.15, 0.2) is 0 Å². The molecule has 0 fully saturated rings. The maximum Gasteiger partial charge on any atom is 0.338 e. The number of methoxy groups -OCH3 is 1. The Morgan fingerprint density at radius 1 is 1.37 bits per heavy atom. The second-order valence-corrected chi connectivity index (χ2v) is 3.90. The molecule has 6 heteroatoms. The first-order valence-electron chi connectivity index (χ1n) is 5.94. The lowest BCUT2D eigenvalue weighted by molar-refractivity contribution is 0.0692. The van der Waals surface area contributed by atoms with E-state index in [0.717, 1.165) is 0 Å². The van der Waals surface area contributed by atoms with Gasteiger partial charge >= 0.3 is 5.97 Å². The van der Waals surface area contributed by atoms with Gasteiger partial charge in [0, 0.05) is 20.2 Å². The Morgan fingerprint density at radius 2 is 2.16 bits per heavy atom. The largest absolute Gasteiger partial charge is 0.478 e. The molecule has 1 aromatic rings. The number of hydrogen-bond donors (Lipinski definition) is 2. The van der Waals surface area contributed by atoms with Gasteiger partial charge in [0.2, 0.25) is 0 Å². The fourth-order valence-corrected chi connectivity index (χ4v) is 1.46. The maximum atomic E-state index is 13.4. The monoisotopic (exact) mass is 271 g/mol. The third-order valence-electron chi connectivity index (χ3n) is 2.45. The number of ether oxygens (including phenoxy) is 2. The molecule has 0 aromatic heterocycles. The Bertz CT molecular complexity index is 412. The van der Waals surface area contributed by atoms with Gasteiger partial charge in [-0.15, -0.1) is 0 Å².